The molecule has 0 aliphatic heterocycles. The fourth-order valence-electron chi connectivity index (χ4n) is 2.19. The number of phenols is 2. The van der Waals surface area contributed by atoms with Crippen LogP contribution in [0.5, 0.6) is 11.5 Å². The Morgan fingerprint density at radius 1 is 1.17 bits per heavy atom. The van der Waals surface area contributed by atoms with Gasteiger partial charge < -0.3 is 14.6 Å². The van der Waals surface area contributed by atoms with Crippen LogP contribution >= 0.6 is 0 Å². The van der Waals surface area contributed by atoms with Gasteiger partial charge in [-0.1, -0.05) is 6.07 Å². The molecular formula is C17H10N2O5. The van der Waals surface area contributed by atoms with Gasteiger partial charge in [-0.3, -0.25) is 9.78 Å². The molecule has 7 heteroatoms. The molecule has 0 atom stereocenters. The summed E-state index contributed by atoms with van der Waals surface area (Å²) in [6.07, 6.45) is 1.35. The molecule has 3 rings (SSSR count). The van der Waals surface area contributed by atoms with E-state index in [4.69, 9.17) is 4.42 Å². The zero-order chi connectivity index (χ0) is 17.3. The molecule has 0 amide bonds. The fourth-order valence-corrected chi connectivity index (χ4v) is 2.19. The van der Waals surface area contributed by atoms with Gasteiger partial charge in [-0.15, -0.1) is 0 Å². The van der Waals surface area contributed by atoms with Crippen LogP contribution in [-0.4, -0.2) is 21.0 Å². The summed E-state index contributed by atoms with van der Waals surface area (Å²) in [6.45, 7) is 0. The lowest BCUT2D eigenvalue weighted by atomic mass is 10.0. The SMILES string of the molecule is N#C/C(=C\c1ccc2[nH]c(=O)oc2c1)C(=O)c1ccc(O)c(O)c1. The normalized spacial score (nSPS) is 11.4. The van der Waals surface area contributed by atoms with Gasteiger partial charge in [0.2, 0.25) is 5.78 Å². The topological polar surface area (TPSA) is 127 Å². The number of rotatable bonds is 3. The molecule has 3 aromatic rings. The number of hydrogen-bond acceptors (Lipinski definition) is 6. The summed E-state index contributed by atoms with van der Waals surface area (Å²) in [7, 11) is 0. The summed E-state index contributed by atoms with van der Waals surface area (Å²) in [5, 5.41) is 28.0. The van der Waals surface area contributed by atoms with Crippen molar-refractivity contribution < 1.29 is 19.4 Å². The van der Waals surface area contributed by atoms with E-state index in [-0.39, 0.29) is 16.9 Å². The highest BCUT2D eigenvalue weighted by Gasteiger charge is 2.14. The minimum absolute atomic E-state index is 0.0624. The third-order valence-corrected chi connectivity index (χ3v) is 3.36. The maximum absolute atomic E-state index is 12.3. The van der Waals surface area contributed by atoms with E-state index < -0.39 is 17.3 Å². The molecule has 0 spiro atoms. The van der Waals surface area contributed by atoms with E-state index in [1.54, 1.807) is 18.2 Å². The van der Waals surface area contributed by atoms with Crippen LogP contribution in [0.25, 0.3) is 17.2 Å². The molecule has 0 saturated heterocycles. The van der Waals surface area contributed by atoms with Gasteiger partial charge in [-0.05, 0) is 42.0 Å². The average Bonchev–Trinajstić information content (AvgIpc) is 2.93. The molecule has 0 bridgehead atoms. The Balaban J connectivity index is 2.00. The Hall–Kier alpha value is -3.79. The summed E-state index contributed by atoms with van der Waals surface area (Å²) in [6, 6.07) is 10.1. The number of fused-ring (bicyclic) bond motifs is 1. The van der Waals surface area contributed by atoms with Crippen LogP contribution in [0.1, 0.15) is 15.9 Å². The highest BCUT2D eigenvalue weighted by atomic mass is 16.4. The first-order valence-electron chi connectivity index (χ1n) is 6.79. The van der Waals surface area contributed by atoms with Crippen LogP contribution in [0.4, 0.5) is 0 Å². The Kier molecular flexibility index (Phi) is 3.64. The van der Waals surface area contributed by atoms with Crippen LogP contribution in [0.3, 0.4) is 0 Å². The van der Waals surface area contributed by atoms with Gasteiger partial charge in [0, 0.05) is 5.56 Å². The summed E-state index contributed by atoms with van der Waals surface area (Å²) in [5.41, 5.74) is 1.20. The second kappa shape index (κ2) is 5.78. The number of nitriles is 1. The van der Waals surface area contributed by atoms with Gasteiger partial charge in [0.25, 0.3) is 0 Å². The molecule has 2 aromatic carbocycles. The third kappa shape index (κ3) is 2.76. The largest absolute Gasteiger partial charge is 0.504 e. The maximum Gasteiger partial charge on any atom is 0.417 e. The first-order valence-corrected chi connectivity index (χ1v) is 6.79. The van der Waals surface area contributed by atoms with Crippen LogP contribution < -0.4 is 5.76 Å². The molecule has 0 radical (unpaired) electrons. The minimum atomic E-state index is -0.608. The second-order valence-corrected chi connectivity index (χ2v) is 4.97. The number of aromatic hydroxyl groups is 2. The number of aromatic nitrogens is 1. The third-order valence-electron chi connectivity index (χ3n) is 3.36. The van der Waals surface area contributed by atoms with Crippen LogP contribution in [0.15, 0.2) is 51.2 Å². The van der Waals surface area contributed by atoms with Crippen LogP contribution in [-0.2, 0) is 0 Å². The monoisotopic (exact) mass is 322 g/mol. The van der Waals surface area contributed by atoms with E-state index in [0.29, 0.717) is 16.7 Å². The number of benzene rings is 2. The lowest BCUT2D eigenvalue weighted by Gasteiger charge is -2.02. The quantitative estimate of drug-likeness (QED) is 0.294. The van der Waals surface area contributed by atoms with E-state index in [1.807, 2.05) is 0 Å². The number of aromatic amines is 1. The number of oxazole rings is 1. The molecule has 0 aliphatic rings. The van der Waals surface area contributed by atoms with Crippen molar-refractivity contribution in [3.63, 3.8) is 0 Å². The lowest BCUT2D eigenvalue weighted by Crippen LogP contribution is -2.01. The number of H-pyrrole nitrogens is 1. The molecule has 0 unspecified atom stereocenters. The highest BCUT2D eigenvalue weighted by Crippen LogP contribution is 2.26. The van der Waals surface area contributed by atoms with Crippen molar-refractivity contribution in [1.29, 1.82) is 5.26 Å². The zero-order valence-electron chi connectivity index (χ0n) is 12.1. The number of phenolic OH excluding ortho intramolecular Hbond substituents is 2. The van der Waals surface area contributed by atoms with Crippen molar-refractivity contribution in [1.82, 2.24) is 4.98 Å². The van der Waals surface area contributed by atoms with Crippen molar-refractivity contribution in [2.75, 3.05) is 0 Å². The first-order chi connectivity index (χ1) is 11.5. The lowest BCUT2D eigenvalue weighted by molar-refractivity contribution is 0.103. The van der Waals surface area contributed by atoms with Crippen molar-refractivity contribution >= 4 is 23.0 Å². The van der Waals surface area contributed by atoms with Crippen molar-refractivity contribution in [2.45, 2.75) is 0 Å². The number of allylic oxidation sites excluding steroid dienone is 1. The molecule has 0 fully saturated rings. The molecule has 24 heavy (non-hydrogen) atoms. The van der Waals surface area contributed by atoms with Gasteiger partial charge in [0.1, 0.15) is 11.6 Å². The van der Waals surface area contributed by atoms with Gasteiger partial charge in [-0.25, -0.2) is 4.79 Å². The van der Waals surface area contributed by atoms with Crippen molar-refractivity contribution in [2.24, 2.45) is 0 Å². The predicted molar refractivity (Wildman–Crippen MR) is 84.5 cm³/mol. The minimum Gasteiger partial charge on any atom is -0.504 e. The molecule has 7 nitrogen and oxygen atoms in total. The first kappa shape index (κ1) is 15.1. The smallest absolute Gasteiger partial charge is 0.417 e. The summed E-state index contributed by atoms with van der Waals surface area (Å²) in [4.78, 5) is 26.0. The van der Waals surface area contributed by atoms with Crippen LogP contribution in [0.2, 0.25) is 0 Å². The van der Waals surface area contributed by atoms with E-state index >= 15 is 0 Å². The Bertz CT molecular complexity index is 1080. The van der Waals surface area contributed by atoms with Crippen molar-refractivity contribution in [3.05, 3.63) is 63.6 Å². The molecule has 1 heterocycles. The van der Waals surface area contributed by atoms with Crippen molar-refractivity contribution in [3.8, 4) is 17.6 Å². The molecular weight excluding hydrogens is 312 g/mol. The second-order valence-electron chi connectivity index (χ2n) is 4.97. The van der Waals surface area contributed by atoms with E-state index in [2.05, 4.69) is 4.98 Å². The Labute approximate surface area is 134 Å². The molecule has 3 N–H and O–H groups in total. The van der Waals surface area contributed by atoms with Crippen LogP contribution in [0, 0.1) is 11.3 Å². The number of nitrogens with zero attached hydrogens (tertiary/aromatic N) is 1. The highest BCUT2D eigenvalue weighted by molar-refractivity contribution is 6.14. The van der Waals surface area contributed by atoms with Gasteiger partial charge in [-0.2, -0.15) is 5.26 Å². The standard InChI is InChI=1S/C17H10N2O5/c18-8-11(16(22)10-2-4-13(20)14(21)7-10)5-9-1-3-12-15(6-9)24-17(23)19-12/h1-7,20-21H,(H,19,23)/b11-5+. The average molecular weight is 322 g/mol. The number of carbonyl (C=O) groups is 1. The Morgan fingerprint density at radius 3 is 2.67 bits per heavy atom. The number of Topliss-reactive ketones (excluding diaryl/α,β-unsaturated/α-hetero) is 1. The molecule has 118 valence electrons. The molecule has 1 aromatic heterocycles. The van der Waals surface area contributed by atoms with E-state index in [1.165, 1.54) is 18.2 Å². The number of ketones is 1. The number of carbonyl (C=O) groups excluding carboxylic acids is 1. The Morgan fingerprint density at radius 2 is 1.96 bits per heavy atom. The summed E-state index contributed by atoms with van der Waals surface area (Å²) >= 11 is 0. The predicted octanol–water partition coefficient (Wildman–Crippen LogP) is 2.32. The van der Waals surface area contributed by atoms with E-state index in [9.17, 15) is 25.1 Å². The molecule has 0 aliphatic carbocycles. The summed E-state index contributed by atoms with van der Waals surface area (Å²) < 4.78 is 4.93. The fraction of sp³-hybridized carbons (Fsp3) is 0. The number of nitrogens with one attached hydrogen (secondary N) is 1. The summed E-state index contributed by atoms with van der Waals surface area (Å²) in [5.74, 6) is -2.01. The van der Waals surface area contributed by atoms with Gasteiger partial charge >= 0.3 is 5.76 Å². The van der Waals surface area contributed by atoms with Gasteiger partial charge in [0.15, 0.2) is 17.1 Å². The molecule has 0 saturated carbocycles. The zero-order valence-corrected chi connectivity index (χ0v) is 12.1. The van der Waals surface area contributed by atoms with Gasteiger partial charge in [0.05, 0.1) is 5.52 Å². The van der Waals surface area contributed by atoms with E-state index in [0.717, 1.165) is 12.1 Å². The number of hydrogen-bond donors (Lipinski definition) is 3. The maximum atomic E-state index is 12.3.